The van der Waals surface area contributed by atoms with E-state index in [0.717, 1.165) is 24.3 Å². The summed E-state index contributed by atoms with van der Waals surface area (Å²) in [6.07, 6.45) is 6.10. The molecule has 3 heteroatoms. The Balaban J connectivity index is 2.47. The quantitative estimate of drug-likeness (QED) is 0.892. The van der Waals surface area contributed by atoms with Gasteiger partial charge < -0.3 is 15.2 Å². The highest BCUT2D eigenvalue weighted by Gasteiger charge is 2.35. The number of nitrogens with two attached hydrogens (primary N) is 1. The Morgan fingerprint density at radius 3 is 2.39 bits per heavy atom. The lowest BCUT2D eigenvalue weighted by Gasteiger charge is -2.37. The highest BCUT2D eigenvalue weighted by Crippen LogP contribution is 2.45. The third kappa shape index (κ3) is 2.19. The van der Waals surface area contributed by atoms with Crippen LogP contribution in [0.25, 0.3) is 0 Å². The van der Waals surface area contributed by atoms with Crippen molar-refractivity contribution >= 4 is 0 Å². The first-order chi connectivity index (χ1) is 8.77. The number of hydrogen-bond acceptors (Lipinski definition) is 3. The van der Waals surface area contributed by atoms with Gasteiger partial charge in [0.15, 0.2) is 11.5 Å². The summed E-state index contributed by atoms with van der Waals surface area (Å²) in [5.74, 6) is 1.65. The maximum absolute atomic E-state index is 6.09. The molecule has 0 aromatic heterocycles. The van der Waals surface area contributed by atoms with E-state index in [1.54, 1.807) is 14.2 Å². The van der Waals surface area contributed by atoms with Crippen molar-refractivity contribution in [2.24, 2.45) is 5.73 Å². The second-order valence-electron chi connectivity index (χ2n) is 5.09. The molecule has 0 heterocycles. The van der Waals surface area contributed by atoms with Crippen molar-refractivity contribution in [1.82, 2.24) is 0 Å². The smallest absolute Gasteiger partial charge is 0.164 e. The third-order valence-electron chi connectivity index (χ3n) is 4.18. The molecule has 100 valence electrons. The normalized spacial score (nSPS) is 18.4. The molecule has 0 saturated heterocycles. The molecule has 0 aliphatic heterocycles. The van der Waals surface area contributed by atoms with Crippen LogP contribution in [0.1, 0.15) is 37.7 Å². The zero-order chi connectivity index (χ0) is 13.0. The minimum atomic E-state index is 0.0676. The van der Waals surface area contributed by atoms with E-state index in [4.69, 9.17) is 15.2 Å². The SMILES string of the molecule is COc1cccc(C2(CN)CCCCC2)c1OC. The number of rotatable bonds is 4. The molecule has 0 radical (unpaired) electrons. The summed E-state index contributed by atoms with van der Waals surface area (Å²) >= 11 is 0. The van der Waals surface area contributed by atoms with E-state index < -0.39 is 0 Å². The van der Waals surface area contributed by atoms with Crippen LogP contribution in [0.3, 0.4) is 0 Å². The van der Waals surface area contributed by atoms with Gasteiger partial charge in [-0.3, -0.25) is 0 Å². The van der Waals surface area contributed by atoms with Crippen LogP contribution in [0.2, 0.25) is 0 Å². The maximum Gasteiger partial charge on any atom is 0.164 e. The fourth-order valence-electron chi connectivity index (χ4n) is 3.12. The molecule has 0 spiro atoms. The fraction of sp³-hybridized carbons (Fsp3) is 0.600. The summed E-state index contributed by atoms with van der Waals surface area (Å²) in [4.78, 5) is 0. The van der Waals surface area contributed by atoms with E-state index in [2.05, 4.69) is 6.07 Å². The zero-order valence-corrected chi connectivity index (χ0v) is 11.4. The molecule has 1 aromatic carbocycles. The van der Waals surface area contributed by atoms with Gasteiger partial charge in [-0.1, -0.05) is 31.4 Å². The van der Waals surface area contributed by atoms with Crippen LogP contribution in [-0.4, -0.2) is 20.8 Å². The first-order valence-corrected chi connectivity index (χ1v) is 6.69. The van der Waals surface area contributed by atoms with Gasteiger partial charge in [0.2, 0.25) is 0 Å². The Kier molecular flexibility index (Phi) is 4.12. The highest BCUT2D eigenvalue weighted by molar-refractivity contribution is 5.50. The maximum atomic E-state index is 6.09. The molecule has 1 aliphatic rings. The molecule has 0 amide bonds. The van der Waals surface area contributed by atoms with Gasteiger partial charge in [0.05, 0.1) is 14.2 Å². The van der Waals surface area contributed by atoms with E-state index in [9.17, 15) is 0 Å². The van der Waals surface area contributed by atoms with Gasteiger partial charge in [0.25, 0.3) is 0 Å². The topological polar surface area (TPSA) is 44.5 Å². The van der Waals surface area contributed by atoms with Crippen LogP contribution in [0.5, 0.6) is 11.5 Å². The average Bonchev–Trinajstić information content (AvgIpc) is 2.47. The summed E-state index contributed by atoms with van der Waals surface area (Å²) in [6, 6.07) is 6.11. The molecule has 1 aromatic rings. The number of para-hydroxylation sites is 1. The van der Waals surface area contributed by atoms with Crippen molar-refractivity contribution in [3.8, 4) is 11.5 Å². The molecular weight excluding hydrogens is 226 g/mol. The molecule has 2 N–H and O–H groups in total. The van der Waals surface area contributed by atoms with Crippen molar-refractivity contribution in [1.29, 1.82) is 0 Å². The number of hydrogen-bond donors (Lipinski definition) is 1. The lowest BCUT2D eigenvalue weighted by atomic mass is 9.69. The minimum absolute atomic E-state index is 0.0676. The molecular formula is C15H23NO2. The second kappa shape index (κ2) is 5.61. The molecule has 1 fully saturated rings. The Morgan fingerprint density at radius 1 is 1.11 bits per heavy atom. The molecule has 1 aliphatic carbocycles. The Morgan fingerprint density at radius 2 is 1.83 bits per heavy atom. The first kappa shape index (κ1) is 13.2. The van der Waals surface area contributed by atoms with Gasteiger partial charge in [0, 0.05) is 17.5 Å². The molecule has 18 heavy (non-hydrogen) atoms. The molecule has 0 bridgehead atoms. The van der Waals surface area contributed by atoms with Crippen LogP contribution in [0.15, 0.2) is 18.2 Å². The van der Waals surface area contributed by atoms with Crippen LogP contribution < -0.4 is 15.2 Å². The summed E-state index contributed by atoms with van der Waals surface area (Å²) in [6.45, 7) is 0.677. The van der Waals surface area contributed by atoms with Gasteiger partial charge in [-0.2, -0.15) is 0 Å². The van der Waals surface area contributed by atoms with Crippen LogP contribution >= 0.6 is 0 Å². The van der Waals surface area contributed by atoms with Gasteiger partial charge in [-0.05, 0) is 18.9 Å². The van der Waals surface area contributed by atoms with E-state index in [1.807, 2.05) is 12.1 Å². The van der Waals surface area contributed by atoms with Gasteiger partial charge in [-0.25, -0.2) is 0 Å². The molecule has 0 atom stereocenters. The summed E-state index contributed by atoms with van der Waals surface area (Å²) in [7, 11) is 3.38. The number of ether oxygens (including phenoxy) is 2. The monoisotopic (exact) mass is 249 g/mol. The lowest BCUT2D eigenvalue weighted by molar-refractivity contribution is 0.281. The minimum Gasteiger partial charge on any atom is -0.493 e. The molecule has 1 saturated carbocycles. The Hall–Kier alpha value is -1.22. The zero-order valence-electron chi connectivity index (χ0n) is 11.4. The van der Waals surface area contributed by atoms with Crippen LogP contribution in [0.4, 0.5) is 0 Å². The van der Waals surface area contributed by atoms with Crippen LogP contribution in [-0.2, 0) is 5.41 Å². The van der Waals surface area contributed by atoms with Crippen LogP contribution in [0, 0.1) is 0 Å². The van der Waals surface area contributed by atoms with Crippen molar-refractivity contribution in [3.63, 3.8) is 0 Å². The Bertz CT molecular complexity index is 397. The van der Waals surface area contributed by atoms with Crippen molar-refractivity contribution in [2.45, 2.75) is 37.5 Å². The number of methoxy groups -OCH3 is 2. The largest absolute Gasteiger partial charge is 0.493 e. The molecule has 3 nitrogen and oxygen atoms in total. The molecule has 0 unspecified atom stereocenters. The molecule has 2 rings (SSSR count). The summed E-state index contributed by atoms with van der Waals surface area (Å²) < 4.78 is 11.0. The predicted octanol–water partition coefficient (Wildman–Crippen LogP) is 2.86. The summed E-state index contributed by atoms with van der Waals surface area (Å²) in [5.41, 5.74) is 7.37. The first-order valence-electron chi connectivity index (χ1n) is 6.69. The average molecular weight is 249 g/mol. The van der Waals surface area contributed by atoms with E-state index in [0.29, 0.717) is 6.54 Å². The van der Waals surface area contributed by atoms with Gasteiger partial charge in [-0.15, -0.1) is 0 Å². The van der Waals surface area contributed by atoms with Crippen molar-refractivity contribution in [2.75, 3.05) is 20.8 Å². The van der Waals surface area contributed by atoms with Crippen molar-refractivity contribution in [3.05, 3.63) is 23.8 Å². The standard InChI is InChI=1S/C15H23NO2/c1-17-13-8-6-7-12(14(13)18-2)15(11-16)9-4-3-5-10-15/h6-8H,3-5,9-11,16H2,1-2H3. The fourth-order valence-corrected chi connectivity index (χ4v) is 3.12. The van der Waals surface area contributed by atoms with E-state index in [1.165, 1.54) is 24.8 Å². The summed E-state index contributed by atoms with van der Waals surface area (Å²) in [5, 5.41) is 0. The second-order valence-corrected chi connectivity index (χ2v) is 5.09. The number of benzene rings is 1. The van der Waals surface area contributed by atoms with E-state index >= 15 is 0 Å². The predicted molar refractivity (Wildman–Crippen MR) is 73.4 cm³/mol. The Labute approximate surface area is 109 Å². The van der Waals surface area contributed by atoms with Gasteiger partial charge in [0.1, 0.15) is 0 Å². The highest BCUT2D eigenvalue weighted by atomic mass is 16.5. The van der Waals surface area contributed by atoms with E-state index in [-0.39, 0.29) is 5.41 Å². The third-order valence-corrected chi connectivity index (χ3v) is 4.18. The van der Waals surface area contributed by atoms with Gasteiger partial charge >= 0.3 is 0 Å². The van der Waals surface area contributed by atoms with Crippen molar-refractivity contribution < 1.29 is 9.47 Å². The lowest BCUT2D eigenvalue weighted by Crippen LogP contribution is -2.37.